The summed E-state index contributed by atoms with van der Waals surface area (Å²) in [7, 11) is 0. The second kappa shape index (κ2) is 10.6. The van der Waals surface area contributed by atoms with Crippen LogP contribution in [-0.4, -0.2) is 40.0 Å². The predicted molar refractivity (Wildman–Crippen MR) is 132 cm³/mol. The molecule has 2 amide bonds. The third-order valence-corrected chi connectivity index (χ3v) is 5.52. The van der Waals surface area contributed by atoms with Gasteiger partial charge < -0.3 is 25.3 Å². The minimum Gasteiger partial charge on any atom is -0.481 e. The Morgan fingerprint density at radius 2 is 1.44 bits per heavy atom. The van der Waals surface area contributed by atoms with Gasteiger partial charge in [0.2, 0.25) is 0 Å². The third-order valence-electron chi connectivity index (χ3n) is 5.52. The summed E-state index contributed by atoms with van der Waals surface area (Å²) < 4.78 is 5.58. The highest BCUT2D eigenvalue weighted by Gasteiger charge is 2.21. The van der Waals surface area contributed by atoms with Crippen molar-refractivity contribution in [2.24, 2.45) is 0 Å². The largest absolute Gasteiger partial charge is 0.481 e. The highest BCUT2D eigenvalue weighted by Crippen LogP contribution is 2.24. The van der Waals surface area contributed by atoms with Crippen LogP contribution in [0.15, 0.2) is 83.3 Å². The SMILES string of the molecule is O=C(O)CCC(NC(=O)c1ccc(-c2ccc(NC(=O)c3cc4ccccc4o3)cc2)cc1)C(=O)O. The Morgan fingerprint density at radius 3 is 2.06 bits per heavy atom. The third kappa shape index (κ3) is 5.76. The van der Waals surface area contributed by atoms with E-state index < -0.39 is 23.9 Å². The number of fused-ring (bicyclic) bond motifs is 1. The Balaban J connectivity index is 1.39. The zero-order valence-corrected chi connectivity index (χ0v) is 18.9. The molecule has 0 radical (unpaired) electrons. The molecule has 0 saturated heterocycles. The molecule has 4 N–H and O–H groups in total. The first kappa shape index (κ1) is 24.2. The highest BCUT2D eigenvalue weighted by atomic mass is 16.4. The van der Waals surface area contributed by atoms with E-state index in [4.69, 9.17) is 9.52 Å². The van der Waals surface area contributed by atoms with Gasteiger partial charge in [0.1, 0.15) is 11.6 Å². The Hall–Kier alpha value is -4.92. The number of furan rings is 1. The molecule has 0 fully saturated rings. The molecule has 1 unspecified atom stereocenters. The Bertz CT molecular complexity index is 1390. The van der Waals surface area contributed by atoms with Crippen molar-refractivity contribution in [1.29, 1.82) is 0 Å². The Labute approximate surface area is 205 Å². The zero-order chi connectivity index (χ0) is 25.7. The molecule has 9 heteroatoms. The van der Waals surface area contributed by atoms with Crippen LogP contribution in [-0.2, 0) is 9.59 Å². The van der Waals surface area contributed by atoms with Gasteiger partial charge in [0.05, 0.1) is 0 Å². The molecule has 1 aromatic heterocycles. The lowest BCUT2D eigenvalue weighted by molar-refractivity contribution is -0.140. The smallest absolute Gasteiger partial charge is 0.326 e. The number of carboxylic acids is 2. The van der Waals surface area contributed by atoms with Crippen molar-refractivity contribution in [3.63, 3.8) is 0 Å². The van der Waals surface area contributed by atoms with Crippen LogP contribution in [0.4, 0.5) is 5.69 Å². The second-order valence-electron chi connectivity index (χ2n) is 8.05. The van der Waals surface area contributed by atoms with E-state index in [9.17, 15) is 24.3 Å². The van der Waals surface area contributed by atoms with Crippen LogP contribution in [0.2, 0.25) is 0 Å². The van der Waals surface area contributed by atoms with Crippen LogP contribution in [0.1, 0.15) is 33.8 Å². The minimum absolute atomic E-state index is 0.210. The summed E-state index contributed by atoms with van der Waals surface area (Å²) in [6.07, 6.45) is -0.585. The van der Waals surface area contributed by atoms with Gasteiger partial charge in [-0.3, -0.25) is 14.4 Å². The van der Waals surface area contributed by atoms with Crippen molar-refractivity contribution in [3.8, 4) is 11.1 Å². The molecule has 36 heavy (non-hydrogen) atoms. The van der Waals surface area contributed by atoms with E-state index in [1.54, 1.807) is 48.5 Å². The van der Waals surface area contributed by atoms with Gasteiger partial charge >= 0.3 is 11.9 Å². The van der Waals surface area contributed by atoms with Crippen molar-refractivity contribution in [3.05, 3.63) is 90.2 Å². The van der Waals surface area contributed by atoms with Gasteiger partial charge in [-0.1, -0.05) is 42.5 Å². The molecular weight excluding hydrogens is 464 g/mol. The zero-order valence-electron chi connectivity index (χ0n) is 18.9. The van der Waals surface area contributed by atoms with Crippen LogP contribution in [0, 0.1) is 0 Å². The number of anilines is 1. The summed E-state index contributed by atoms with van der Waals surface area (Å²) in [5.74, 6) is -3.20. The lowest BCUT2D eigenvalue weighted by Crippen LogP contribution is -2.41. The second-order valence-corrected chi connectivity index (χ2v) is 8.05. The van der Waals surface area contributed by atoms with Crippen LogP contribution >= 0.6 is 0 Å². The van der Waals surface area contributed by atoms with Gasteiger partial charge in [0.15, 0.2) is 5.76 Å². The molecule has 0 spiro atoms. The number of carboxylic acid groups (broad SMARTS) is 2. The first-order chi connectivity index (χ1) is 17.3. The quantitative estimate of drug-likeness (QED) is 0.274. The van der Waals surface area contributed by atoms with Crippen LogP contribution in [0.3, 0.4) is 0 Å². The standard InChI is InChI=1S/C27H22N2O7/c30-24(31)14-13-21(27(34)35)29-25(32)18-7-5-16(6-8-18)17-9-11-20(12-10-17)28-26(33)23-15-19-3-1-2-4-22(19)36-23/h1-12,15,21H,13-14H2,(H,28,33)(H,29,32)(H,30,31)(H,34,35). The van der Waals surface area contributed by atoms with Crippen LogP contribution < -0.4 is 10.6 Å². The average Bonchev–Trinajstić information content (AvgIpc) is 3.31. The number of rotatable bonds is 9. The van der Waals surface area contributed by atoms with E-state index in [2.05, 4.69) is 10.6 Å². The van der Waals surface area contributed by atoms with Crippen molar-refractivity contribution >= 4 is 40.4 Å². The fourth-order valence-electron chi connectivity index (χ4n) is 3.61. The maximum atomic E-state index is 12.5. The fourth-order valence-corrected chi connectivity index (χ4v) is 3.61. The molecule has 4 aromatic rings. The van der Waals surface area contributed by atoms with Gasteiger partial charge in [0, 0.05) is 23.1 Å². The molecule has 0 saturated carbocycles. The Morgan fingerprint density at radius 1 is 0.806 bits per heavy atom. The number of aliphatic carboxylic acids is 2. The van der Waals surface area contributed by atoms with Gasteiger partial charge in [-0.25, -0.2) is 4.79 Å². The van der Waals surface area contributed by atoms with Gasteiger partial charge in [-0.15, -0.1) is 0 Å². The molecule has 182 valence electrons. The molecule has 0 aliphatic rings. The number of benzene rings is 3. The molecule has 0 aliphatic heterocycles. The predicted octanol–water partition coefficient (Wildman–Crippen LogP) is 4.40. The molecule has 3 aromatic carbocycles. The summed E-state index contributed by atoms with van der Waals surface area (Å²) in [6.45, 7) is 0. The van der Waals surface area contributed by atoms with E-state index in [0.29, 0.717) is 11.3 Å². The van der Waals surface area contributed by atoms with Crippen LogP contribution in [0.25, 0.3) is 22.1 Å². The number of hydrogen-bond donors (Lipinski definition) is 4. The summed E-state index contributed by atoms with van der Waals surface area (Å²) in [4.78, 5) is 46.9. The number of carbonyl (C=O) groups excluding carboxylic acids is 2. The average molecular weight is 486 g/mol. The fraction of sp³-hybridized carbons (Fsp3) is 0.111. The lowest BCUT2D eigenvalue weighted by Gasteiger charge is -2.13. The summed E-state index contributed by atoms with van der Waals surface area (Å²) in [5.41, 5.74) is 3.11. The first-order valence-electron chi connectivity index (χ1n) is 11.1. The molecule has 4 rings (SSSR count). The molecular formula is C27H22N2O7. The van der Waals surface area contributed by atoms with E-state index in [0.717, 1.165) is 16.5 Å². The number of carbonyl (C=O) groups is 4. The summed E-state index contributed by atoms with van der Waals surface area (Å²) in [5, 5.41) is 23.9. The summed E-state index contributed by atoms with van der Waals surface area (Å²) >= 11 is 0. The molecule has 0 aliphatic carbocycles. The van der Waals surface area contributed by atoms with E-state index >= 15 is 0 Å². The van der Waals surface area contributed by atoms with Crippen molar-refractivity contribution in [2.75, 3.05) is 5.32 Å². The highest BCUT2D eigenvalue weighted by molar-refractivity contribution is 6.04. The van der Waals surface area contributed by atoms with Crippen molar-refractivity contribution in [1.82, 2.24) is 5.32 Å². The molecule has 1 heterocycles. The monoisotopic (exact) mass is 486 g/mol. The normalized spacial score (nSPS) is 11.6. The molecule has 0 bridgehead atoms. The Kier molecular flexibility index (Phi) is 7.10. The molecule has 1 atom stereocenters. The van der Waals surface area contributed by atoms with E-state index in [-0.39, 0.29) is 30.1 Å². The minimum atomic E-state index is -1.30. The first-order valence-corrected chi connectivity index (χ1v) is 11.1. The summed E-state index contributed by atoms with van der Waals surface area (Å²) in [6, 6.07) is 21.4. The van der Waals surface area contributed by atoms with E-state index in [1.165, 1.54) is 0 Å². The van der Waals surface area contributed by atoms with Crippen molar-refractivity contribution < 1.29 is 33.8 Å². The van der Waals surface area contributed by atoms with Crippen LogP contribution in [0.5, 0.6) is 0 Å². The van der Waals surface area contributed by atoms with Crippen molar-refractivity contribution in [2.45, 2.75) is 18.9 Å². The maximum Gasteiger partial charge on any atom is 0.326 e. The number of nitrogens with one attached hydrogen (secondary N) is 2. The van der Waals surface area contributed by atoms with Gasteiger partial charge in [-0.05, 0) is 53.9 Å². The van der Waals surface area contributed by atoms with Gasteiger partial charge in [0.25, 0.3) is 11.8 Å². The number of hydrogen-bond acceptors (Lipinski definition) is 5. The van der Waals surface area contributed by atoms with E-state index in [1.807, 2.05) is 30.3 Å². The number of amides is 2. The topological polar surface area (TPSA) is 146 Å². The lowest BCUT2D eigenvalue weighted by atomic mass is 10.0. The molecule has 9 nitrogen and oxygen atoms in total. The van der Waals surface area contributed by atoms with Gasteiger partial charge in [-0.2, -0.15) is 0 Å². The maximum absolute atomic E-state index is 12.5. The number of para-hydroxylation sites is 1.